The highest BCUT2D eigenvalue weighted by molar-refractivity contribution is 5.82. The van der Waals surface area contributed by atoms with E-state index in [4.69, 9.17) is 5.84 Å². The molecule has 0 spiro atoms. The number of nitrogens with two attached hydrogens (primary N) is 1. The molecule has 1 atom stereocenters. The van der Waals surface area contributed by atoms with Gasteiger partial charge in [-0.2, -0.15) is 5.10 Å². The SMILES string of the molecule is CCCCCCCC(NN)c1nn(C)c2ccccc12. The van der Waals surface area contributed by atoms with Crippen LogP contribution in [0.3, 0.4) is 0 Å². The van der Waals surface area contributed by atoms with Gasteiger partial charge >= 0.3 is 0 Å². The van der Waals surface area contributed by atoms with Gasteiger partial charge in [-0.15, -0.1) is 0 Å². The van der Waals surface area contributed by atoms with E-state index < -0.39 is 0 Å². The van der Waals surface area contributed by atoms with E-state index in [0.717, 1.165) is 17.6 Å². The number of nitrogens with zero attached hydrogens (tertiary/aromatic N) is 2. The van der Waals surface area contributed by atoms with Crippen LogP contribution < -0.4 is 11.3 Å². The van der Waals surface area contributed by atoms with Gasteiger partial charge in [0.25, 0.3) is 0 Å². The van der Waals surface area contributed by atoms with Gasteiger partial charge in [-0.25, -0.2) is 0 Å². The van der Waals surface area contributed by atoms with Gasteiger partial charge in [0.2, 0.25) is 0 Å². The summed E-state index contributed by atoms with van der Waals surface area (Å²) in [5, 5.41) is 5.85. The maximum absolute atomic E-state index is 5.75. The number of aryl methyl sites for hydroxylation is 1. The van der Waals surface area contributed by atoms with Gasteiger partial charge < -0.3 is 0 Å². The molecule has 4 nitrogen and oxygen atoms in total. The molecule has 4 heteroatoms. The van der Waals surface area contributed by atoms with Crippen molar-refractivity contribution in [1.29, 1.82) is 0 Å². The van der Waals surface area contributed by atoms with E-state index in [1.807, 2.05) is 17.8 Å². The van der Waals surface area contributed by atoms with E-state index in [9.17, 15) is 0 Å². The molecule has 0 saturated carbocycles. The largest absolute Gasteiger partial charge is 0.271 e. The van der Waals surface area contributed by atoms with Crippen molar-refractivity contribution >= 4 is 10.9 Å². The van der Waals surface area contributed by atoms with Crippen LogP contribution in [0.1, 0.15) is 57.2 Å². The van der Waals surface area contributed by atoms with Crippen LogP contribution in [-0.2, 0) is 7.05 Å². The Labute approximate surface area is 121 Å². The lowest BCUT2D eigenvalue weighted by Crippen LogP contribution is -2.28. The molecule has 0 saturated heterocycles. The van der Waals surface area contributed by atoms with E-state index in [2.05, 4.69) is 35.6 Å². The Morgan fingerprint density at radius 1 is 1.20 bits per heavy atom. The Kier molecular flexibility index (Phi) is 5.56. The van der Waals surface area contributed by atoms with E-state index in [0.29, 0.717) is 0 Å². The standard InChI is InChI=1S/C16H26N4/c1-3-4-5-6-7-11-14(18-17)16-13-10-8-9-12-15(13)20(2)19-16/h8-10,12,14,18H,3-7,11,17H2,1-2H3. The van der Waals surface area contributed by atoms with E-state index in [-0.39, 0.29) is 6.04 Å². The molecule has 1 heterocycles. The third kappa shape index (κ3) is 3.38. The molecule has 0 bridgehead atoms. The molecule has 1 unspecified atom stereocenters. The first-order valence-electron chi connectivity index (χ1n) is 7.65. The first-order chi connectivity index (χ1) is 9.77. The highest BCUT2D eigenvalue weighted by atomic mass is 15.3. The molecule has 0 fully saturated rings. The molecular formula is C16H26N4. The third-order valence-electron chi connectivity index (χ3n) is 3.91. The van der Waals surface area contributed by atoms with Gasteiger partial charge in [0.15, 0.2) is 0 Å². The molecule has 3 N–H and O–H groups in total. The molecule has 2 rings (SSSR count). The minimum Gasteiger partial charge on any atom is -0.271 e. The molecule has 110 valence electrons. The topological polar surface area (TPSA) is 55.9 Å². The highest BCUT2D eigenvalue weighted by Crippen LogP contribution is 2.26. The Bertz CT molecular complexity index is 532. The van der Waals surface area contributed by atoms with Gasteiger partial charge in [-0.1, -0.05) is 57.2 Å². The number of para-hydroxylation sites is 1. The maximum Gasteiger partial charge on any atom is 0.0886 e. The van der Waals surface area contributed by atoms with Gasteiger partial charge in [0, 0.05) is 12.4 Å². The molecule has 2 aromatic rings. The second-order valence-corrected chi connectivity index (χ2v) is 5.45. The predicted octanol–water partition coefficient (Wildman–Crippen LogP) is 3.44. The van der Waals surface area contributed by atoms with Crippen molar-refractivity contribution in [2.45, 2.75) is 51.5 Å². The van der Waals surface area contributed by atoms with Crippen LogP contribution >= 0.6 is 0 Å². The zero-order valence-corrected chi connectivity index (χ0v) is 12.6. The second-order valence-electron chi connectivity index (χ2n) is 5.45. The summed E-state index contributed by atoms with van der Waals surface area (Å²) in [5.41, 5.74) is 5.17. The van der Waals surface area contributed by atoms with Crippen molar-refractivity contribution in [3.63, 3.8) is 0 Å². The number of fused-ring (bicyclic) bond motifs is 1. The normalized spacial score (nSPS) is 12.9. The number of unbranched alkanes of at least 4 members (excludes halogenated alkanes) is 4. The molecule has 1 aromatic carbocycles. The lowest BCUT2D eigenvalue weighted by atomic mass is 10.0. The van der Waals surface area contributed by atoms with E-state index in [1.165, 1.54) is 37.5 Å². The average Bonchev–Trinajstić information content (AvgIpc) is 2.81. The first-order valence-corrected chi connectivity index (χ1v) is 7.65. The van der Waals surface area contributed by atoms with Crippen molar-refractivity contribution < 1.29 is 0 Å². The summed E-state index contributed by atoms with van der Waals surface area (Å²) >= 11 is 0. The lowest BCUT2D eigenvalue weighted by molar-refractivity contribution is 0.468. The van der Waals surface area contributed by atoms with Crippen molar-refractivity contribution in [3.8, 4) is 0 Å². The van der Waals surface area contributed by atoms with Gasteiger partial charge in [0.1, 0.15) is 0 Å². The molecule has 0 amide bonds. The summed E-state index contributed by atoms with van der Waals surface area (Å²) < 4.78 is 1.94. The van der Waals surface area contributed by atoms with Crippen LogP contribution in [0.25, 0.3) is 10.9 Å². The number of nitrogens with one attached hydrogen (secondary N) is 1. The van der Waals surface area contributed by atoms with E-state index in [1.54, 1.807) is 0 Å². The summed E-state index contributed by atoms with van der Waals surface area (Å²) in [7, 11) is 1.99. The van der Waals surface area contributed by atoms with Crippen molar-refractivity contribution in [2.24, 2.45) is 12.9 Å². The number of hydrazine groups is 1. The fraction of sp³-hybridized carbons (Fsp3) is 0.562. The molecular weight excluding hydrogens is 248 g/mol. The number of aromatic nitrogens is 2. The Hall–Kier alpha value is -1.39. The first kappa shape index (κ1) is 15.0. The smallest absolute Gasteiger partial charge is 0.0886 e. The fourth-order valence-electron chi connectivity index (χ4n) is 2.75. The predicted molar refractivity (Wildman–Crippen MR) is 84.2 cm³/mol. The second kappa shape index (κ2) is 7.41. The summed E-state index contributed by atoms with van der Waals surface area (Å²) in [4.78, 5) is 0. The van der Waals surface area contributed by atoms with Crippen molar-refractivity contribution in [1.82, 2.24) is 15.2 Å². The molecule has 0 aliphatic rings. The summed E-state index contributed by atoms with van der Waals surface area (Å²) in [6.45, 7) is 2.24. The van der Waals surface area contributed by atoms with Crippen molar-refractivity contribution in [2.75, 3.05) is 0 Å². The lowest BCUT2D eigenvalue weighted by Gasteiger charge is -2.13. The zero-order valence-electron chi connectivity index (χ0n) is 12.6. The van der Waals surface area contributed by atoms with Crippen LogP contribution in [0.15, 0.2) is 24.3 Å². The Balaban J connectivity index is 2.06. The Morgan fingerprint density at radius 2 is 1.95 bits per heavy atom. The summed E-state index contributed by atoms with van der Waals surface area (Å²) in [6, 6.07) is 8.47. The number of hydrogen-bond donors (Lipinski definition) is 2. The quantitative estimate of drug-likeness (QED) is 0.440. The Morgan fingerprint density at radius 3 is 2.70 bits per heavy atom. The molecule has 20 heavy (non-hydrogen) atoms. The van der Waals surface area contributed by atoms with Crippen LogP contribution in [0.2, 0.25) is 0 Å². The monoisotopic (exact) mass is 274 g/mol. The van der Waals surface area contributed by atoms with Gasteiger partial charge in [-0.3, -0.25) is 16.0 Å². The average molecular weight is 274 g/mol. The maximum atomic E-state index is 5.75. The molecule has 1 aromatic heterocycles. The fourth-order valence-corrected chi connectivity index (χ4v) is 2.75. The van der Waals surface area contributed by atoms with E-state index >= 15 is 0 Å². The number of hydrogen-bond acceptors (Lipinski definition) is 3. The molecule has 0 radical (unpaired) electrons. The van der Waals surface area contributed by atoms with Gasteiger partial charge in [0.05, 0.1) is 17.3 Å². The minimum atomic E-state index is 0.141. The highest BCUT2D eigenvalue weighted by Gasteiger charge is 2.17. The molecule has 0 aliphatic carbocycles. The summed E-state index contributed by atoms with van der Waals surface area (Å²) in [6.07, 6.45) is 7.44. The summed E-state index contributed by atoms with van der Waals surface area (Å²) in [5.74, 6) is 5.75. The number of rotatable bonds is 8. The third-order valence-corrected chi connectivity index (χ3v) is 3.91. The number of benzene rings is 1. The zero-order chi connectivity index (χ0) is 14.4. The van der Waals surface area contributed by atoms with Crippen LogP contribution in [0.5, 0.6) is 0 Å². The van der Waals surface area contributed by atoms with Crippen LogP contribution in [0, 0.1) is 0 Å². The van der Waals surface area contributed by atoms with Crippen molar-refractivity contribution in [3.05, 3.63) is 30.0 Å². The minimum absolute atomic E-state index is 0.141. The van der Waals surface area contributed by atoms with Crippen LogP contribution in [0.4, 0.5) is 0 Å². The van der Waals surface area contributed by atoms with Crippen LogP contribution in [-0.4, -0.2) is 9.78 Å². The molecule has 0 aliphatic heterocycles. The van der Waals surface area contributed by atoms with Gasteiger partial charge in [-0.05, 0) is 12.5 Å².